The van der Waals surface area contributed by atoms with Gasteiger partial charge in [0.1, 0.15) is 0 Å². The molecule has 1 aromatic heterocycles. The monoisotopic (exact) mass is 357 g/mol. The summed E-state index contributed by atoms with van der Waals surface area (Å²) in [7, 11) is 0. The summed E-state index contributed by atoms with van der Waals surface area (Å²) in [6.07, 6.45) is 1.05. The number of halogens is 2. The van der Waals surface area contributed by atoms with Crippen LogP contribution in [-0.4, -0.2) is 0 Å². The minimum atomic E-state index is 0.344. The third-order valence-corrected chi connectivity index (χ3v) is 5.27. The van der Waals surface area contributed by atoms with Gasteiger partial charge in [0.2, 0.25) is 0 Å². The van der Waals surface area contributed by atoms with Crippen LogP contribution in [0, 0.1) is 0 Å². The molecule has 0 saturated carbocycles. The third-order valence-electron chi connectivity index (χ3n) is 3.15. The van der Waals surface area contributed by atoms with Crippen molar-refractivity contribution in [1.82, 2.24) is 5.32 Å². The minimum absolute atomic E-state index is 0.344. The first-order valence-electron chi connectivity index (χ1n) is 6.35. The van der Waals surface area contributed by atoms with E-state index in [4.69, 9.17) is 11.6 Å². The summed E-state index contributed by atoms with van der Waals surface area (Å²) >= 11 is 11.2. The molecule has 19 heavy (non-hydrogen) atoms. The number of hydrogen-bond acceptors (Lipinski definition) is 2. The normalized spacial score (nSPS) is 14.3. The van der Waals surface area contributed by atoms with Gasteiger partial charge in [0.25, 0.3) is 0 Å². The minimum Gasteiger partial charge on any atom is -0.303 e. The van der Waals surface area contributed by atoms with Crippen molar-refractivity contribution in [3.05, 3.63) is 55.6 Å². The van der Waals surface area contributed by atoms with Crippen molar-refractivity contribution >= 4 is 38.9 Å². The molecule has 0 aliphatic carbocycles. The molecule has 2 aromatic rings. The molecule has 4 heteroatoms. The molecule has 1 aromatic carbocycles. The highest BCUT2D eigenvalue weighted by atomic mass is 79.9. The van der Waals surface area contributed by atoms with Crippen LogP contribution in [0.4, 0.5) is 0 Å². The fraction of sp³-hybridized carbons (Fsp3) is 0.333. The van der Waals surface area contributed by atoms with Crippen molar-refractivity contribution < 1.29 is 0 Å². The highest BCUT2D eigenvalue weighted by Gasteiger charge is 2.14. The van der Waals surface area contributed by atoms with Gasteiger partial charge in [-0.2, -0.15) is 0 Å². The van der Waals surface area contributed by atoms with Gasteiger partial charge in [0.05, 0.1) is 0 Å². The molecule has 2 rings (SSSR count). The fourth-order valence-corrected chi connectivity index (χ4v) is 3.67. The van der Waals surface area contributed by atoms with E-state index < -0.39 is 0 Å². The van der Waals surface area contributed by atoms with E-state index in [-0.39, 0.29) is 0 Å². The molecule has 102 valence electrons. The first kappa shape index (κ1) is 15.0. The summed E-state index contributed by atoms with van der Waals surface area (Å²) in [5.41, 5.74) is 1.29. The molecule has 0 aliphatic heterocycles. The topological polar surface area (TPSA) is 12.0 Å². The Morgan fingerprint density at radius 1 is 1.32 bits per heavy atom. The maximum atomic E-state index is 5.94. The molecule has 1 nitrogen and oxygen atoms in total. The Kier molecular flexibility index (Phi) is 5.46. The quantitative estimate of drug-likeness (QED) is 0.694. The Labute approximate surface area is 132 Å². The second-order valence-electron chi connectivity index (χ2n) is 4.57. The second-order valence-corrected chi connectivity index (χ2v) is 6.86. The van der Waals surface area contributed by atoms with Crippen LogP contribution < -0.4 is 5.32 Å². The lowest BCUT2D eigenvalue weighted by Gasteiger charge is -2.22. The highest BCUT2D eigenvalue weighted by Crippen LogP contribution is 2.28. The van der Waals surface area contributed by atoms with Gasteiger partial charge in [-0.15, -0.1) is 11.3 Å². The van der Waals surface area contributed by atoms with Gasteiger partial charge in [0, 0.05) is 31.8 Å². The van der Waals surface area contributed by atoms with Crippen molar-refractivity contribution in [3.8, 4) is 0 Å². The lowest BCUT2D eigenvalue weighted by Crippen LogP contribution is -2.23. The van der Waals surface area contributed by atoms with Gasteiger partial charge in [-0.05, 0) is 53.0 Å². The number of thiophene rings is 1. The third kappa shape index (κ3) is 4.06. The second kappa shape index (κ2) is 6.89. The van der Waals surface area contributed by atoms with E-state index in [1.54, 1.807) is 11.3 Å². The van der Waals surface area contributed by atoms with E-state index >= 15 is 0 Å². The molecule has 0 bridgehead atoms. The predicted octanol–water partition coefficient (Wildman–Crippen LogP) is 5.97. The molecule has 0 amide bonds. The van der Waals surface area contributed by atoms with E-state index in [1.165, 1.54) is 10.4 Å². The summed E-state index contributed by atoms with van der Waals surface area (Å²) in [6, 6.07) is 11.0. The maximum Gasteiger partial charge on any atom is 0.0406 e. The van der Waals surface area contributed by atoms with Crippen molar-refractivity contribution in [3.63, 3.8) is 0 Å². The average Bonchev–Trinajstić information content (AvgIpc) is 2.84. The van der Waals surface area contributed by atoms with Gasteiger partial charge in [-0.3, -0.25) is 0 Å². The fourth-order valence-electron chi connectivity index (χ4n) is 2.08. The summed E-state index contributed by atoms with van der Waals surface area (Å²) in [5.74, 6) is 0. The molecule has 0 radical (unpaired) electrons. The number of benzene rings is 1. The van der Waals surface area contributed by atoms with Gasteiger partial charge < -0.3 is 5.32 Å². The summed E-state index contributed by atoms with van der Waals surface area (Å²) in [6.45, 7) is 4.40. The molecule has 1 heterocycles. The molecule has 0 spiro atoms. The number of nitrogens with one attached hydrogen (secondary N) is 1. The van der Waals surface area contributed by atoms with Crippen LogP contribution in [0.3, 0.4) is 0 Å². The maximum absolute atomic E-state index is 5.94. The van der Waals surface area contributed by atoms with E-state index in [9.17, 15) is 0 Å². The van der Waals surface area contributed by atoms with Crippen LogP contribution in [0.2, 0.25) is 5.02 Å². The van der Waals surface area contributed by atoms with Crippen molar-refractivity contribution in [1.29, 1.82) is 0 Å². The van der Waals surface area contributed by atoms with Crippen LogP contribution in [0.25, 0.3) is 0 Å². The average molecular weight is 359 g/mol. The molecular weight excluding hydrogens is 342 g/mol. The Morgan fingerprint density at radius 3 is 2.53 bits per heavy atom. The van der Waals surface area contributed by atoms with Crippen LogP contribution in [0.1, 0.15) is 42.8 Å². The Bertz CT molecular complexity index is 523. The molecule has 0 aliphatic rings. The molecule has 0 fully saturated rings. The van der Waals surface area contributed by atoms with E-state index in [2.05, 4.69) is 58.7 Å². The first-order chi connectivity index (χ1) is 9.10. The zero-order chi connectivity index (χ0) is 13.8. The lowest BCUT2D eigenvalue weighted by atomic mass is 10.0. The smallest absolute Gasteiger partial charge is 0.0406 e. The molecule has 0 saturated heterocycles. The Morgan fingerprint density at radius 2 is 2.00 bits per heavy atom. The number of hydrogen-bond donors (Lipinski definition) is 1. The molecule has 2 unspecified atom stereocenters. The van der Waals surface area contributed by atoms with Crippen LogP contribution in [0.15, 0.2) is 40.2 Å². The van der Waals surface area contributed by atoms with E-state index in [0.717, 1.165) is 15.9 Å². The number of rotatable bonds is 5. The van der Waals surface area contributed by atoms with Gasteiger partial charge in [0.15, 0.2) is 0 Å². The molecule has 2 atom stereocenters. The Hall–Kier alpha value is -0.350. The van der Waals surface area contributed by atoms with Gasteiger partial charge in [-0.1, -0.05) is 30.7 Å². The standard InChI is InChI=1S/C15H17BrClNS/c1-3-14(11-4-6-13(17)7-5-11)18-10(2)15-8-12(16)9-19-15/h4-10,14,18H,3H2,1-2H3. The van der Waals surface area contributed by atoms with Gasteiger partial charge >= 0.3 is 0 Å². The van der Waals surface area contributed by atoms with E-state index in [1.807, 2.05) is 12.1 Å². The first-order valence-corrected chi connectivity index (χ1v) is 8.40. The van der Waals surface area contributed by atoms with Crippen LogP contribution >= 0.6 is 38.9 Å². The summed E-state index contributed by atoms with van der Waals surface area (Å²) < 4.78 is 1.15. The van der Waals surface area contributed by atoms with E-state index in [0.29, 0.717) is 12.1 Å². The van der Waals surface area contributed by atoms with Crippen molar-refractivity contribution in [2.75, 3.05) is 0 Å². The van der Waals surface area contributed by atoms with Crippen molar-refractivity contribution in [2.24, 2.45) is 0 Å². The van der Waals surface area contributed by atoms with Crippen molar-refractivity contribution in [2.45, 2.75) is 32.4 Å². The zero-order valence-corrected chi connectivity index (χ0v) is 14.1. The summed E-state index contributed by atoms with van der Waals surface area (Å²) in [5, 5.41) is 6.59. The SMILES string of the molecule is CCC(NC(C)c1cc(Br)cs1)c1ccc(Cl)cc1. The molecular formula is C15H17BrClNS. The Balaban J connectivity index is 2.08. The van der Waals surface area contributed by atoms with Crippen LogP contribution in [-0.2, 0) is 0 Å². The zero-order valence-electron chi connectivity index (χ0n) is 11.0. The van der Waals surface area contributed by atoms with Gasteiger partial charge in [-0.25, -0.2) is 0 Å². The predicted molar refractivity (Wildman–Crippen MR) is 88.1 cm³/mol. The van der Waals surface area contributed by atoms with Crippen LogP contribution in [0.5, 0.6) is 0 Å². The molecule has 1 N–H and O–H groups in total. The highest BCUT2D eigenvalue weighted by molar-refractivity contribution is 9.10. The largest absolute Gasteiger partial charge is 0.303 e. The lowest BCUT2D eigenvalue weighted by molar-refractivity contribution is 0.460. The summed E-state index contributed by atoms with van der Waals surface area (Å²) in [4.78, 5) is 1.35.